The van der Waals surface area contributed by atoms with Crippen molar-refractivity contribution in [1.82, 2.24) is 4.90 Å². The Hall–Kier alpha value is 0.330. The summed E-state index contributed by atoms with van der Waals surface area (Å²) in [7, 11) is 0. The van der Waals surface area contributed by atoms with Crippen molar-refractivity contribution in [2.45, 2.75) is 25.3 Å². The van der Waals surface area contributed by atoms with Gasteiger partial charge in [-0.3, -0.25) is 9.69 Å². The third kappa shape index (κ3) is 1.56. The number of Topliss-reactive ketones (excluding diaryl/α,β-unsaturated/α-hetero) is 1. The van der Waals surface area contributed by atoms with Crippen LogP contribution in [0.1, 0.15) is 19.8 Å². The standard InChI is InChI=1S/C11H19NOS2/c1-10-3-5-12(6-4-10)11(7-14,8-15-2)9(10)13/h14H,3-8H2,1-2H3/t11-/m1/s1. The molecular weight excluding hydrogens is 226 g/mol. The van der Waals surface area contributed by atoms with Crippen molar-refractivity contribution in [2.75, 3.05) is 30.9 Å². The van der Waals surface area contributed by atoms with E-state index in [2.05, 4.69) is 30.7 Å². The molecule has 0 amide bonds. The Morgan fingerprint density at radius 1 is 1.47 bits per heavy atom. The summed E-state index contributed by atoms with van der Waals surface area (Å²) >= 11 is 6.20. The predicted molar refractivity (Wildman–Crippen MR) is 68.9 cm³/mol. The van der Waals surface area contributed by atoms with Gasteiger partial charge in [0, 0.05) is 30.0 Å². The molecule has 4 heteroatoms. The summed E-state index contributed by atoms with van der Waals surface area (Å²) in [6.07, 6.45) is 4.15. The van der Waals surface area contributed by atoms with Crippen molar-refractivity contribution in [3.63, 3.8) is 0 Å². The van der Waals surface area contributed by atoms with E-state index < -0.39 is 0 Å². The van der Waals surface area contributed by atoms with Gasteiger partial charge in [0.05, 0.1) is 5.54 Å². The molecule has 0 aliphatic carbocycles. The van der Waals surface area contributed by atoms with Gasteiger partial charge >= 0.3 is 0 Å². The molecule has 0 unspecified atom stereocenters. The molecule has 3 rings (SSSR count). The first-order chi connectivity index (χ1) is 7.09. The number of carbonyl (C=O) groups is 1. The van der Waals surface area contributed by atoms with Gasteiger partial charge in [-0.15, -0.1) is 0 Å². The van der Waals surface area contributed by atoms with Gasteiger partial charge in [-0.1, -0.05) is 6.92 Å². The number of thioether (sulfide) groups is 1. The smallest absolute Gasteiger partial charge is 0.160 e. The minimum atomic E-state index is -0.270. The third-order valence-corrected chi connectivity index (χ3v) is 5.38. The highest BCUT2D eigenvalue weighted by atomic mass is 32.2. The van der Waals surface area contributed by atoms with Crippen LogP contribution in [0.25, 0.3) is 0 Å². The molecule has 3 aliphatic rings. The topological polar surface area (TPSA) is 20.3 Å². The molecule has 0 spiro atoms. The van der Waals surface area contributed by atoms with Crippen molar-refractivity contribution in [1.29, 1.82) is 0 Å². The molecule has 3 aliphatic heterocycles. The minimum Gasteiger partial charge on any atom is -0.297 e. The molecule has 2 nitrogen and oxygen atoms in total. The molecule has 3 fully saturated rings. The van der Waals surface area contributed by atoms with Crippen molar-refractivity contribution < 1.29 is 4.79 Å². The van der Waals surface area contributed by atoms with E-state index in [1.54, 1.807) is 11.8 Å². The lowest BCUT2D eigenvalue weighted by Crippen LogP contribution is -2.70. The SMILES string of the molecule is CSC[C@]1(CS)C(=O)C2(C)CCN1CC2. The monoisotopic (exact) mass is 245 g/mol. The van der Waals surface area contributed by atoms with Crippen LogP contribution in [0.5, 0.6) is 0 Å². The van der Waals surface area contributed by atoms with Crippen LogP contribution >= 0.6 is 24.4 Å². The lowest BCUT2D eigenvalue weighted by Gasteiger charge is -2.56. The van der Waals surface area contributed by atoms with Crippen LogP contribution in [0.2, 0.25) is 0 Å². The van der Waals surface area contributed by atoms with Crippen molar-refractivity contribution >= 4 is 30.2 Å². The number of ketones is 1. The highest BCUT2D eigenvalue weighted by Gasteiger charge is 2.57. The summed E-state index contributed by atoms with van der Waals surface area (Å²) in [5.41, 5.74) is -0.332. The Morgan fingerprint density at radius 3 is 2.53 bits per heavy atom. The molecule has 3 saturated heterocycles. The number of rotatable bonds is 3. The Bertz CT molecular complexity index is 274. The van der Waals surface area contributed by atoms with Gasteiger partial charge in [-0.05, 0) is 19.1 Å². The van der Waals surface area contributed by atoms with Gasteiger partial charge in [-0.25, -0.2) is 0 Å². The van der Waals surface area contributed by atoms with Crippen LogP contribution < -0.4 is 0 Å². The Balaban J connectivity index is 2.34. The first kappa shape index (κ1) is 11.8. The Morgan fingerprint density at radius 2 is 2.07 bits per heavy atom. The minimum absolute atomic E-state index is 0.0623. The number of hydrogen-bond donors (Lipinski definition) is 1. The van der Waals surface area contributed by atoms with Gasteiger partial charge in [0.1, 0.15) is 0 Å². The first-order valence-electron chi connectivity index (χ1n) is 5.49. The fraction of sp³-hybridized carbons (Fsp3) is 0.909. The van der Waals surface area contributed by atoms with E-state index in [1.165, 1.54) is 0 Å². The predicted octanol–water partition coefficient (Wildman–Crippen LogP) is 1.70. The van der Waals surface area contributed by atoms with Crippen LogP contribution in [0.4, 0.5) is 0 Å². The molecule has 15 heavy (non-hydrogen) atoms. The molecule has 3 heterocycles. The van der Waals surface area contributed by atoms with Crippen molar-refractivity contribution in [2.24, 2.45) is 5.41 Å². The summed E-state index contributed by atoms with van der Waals surface area (Å²) in [5.74, 6) is 2.00. The van der Waals surface area contributed by atoms with Crippen molar-refractivity contribution in [3.8, 4) is 0 Å². The number of hydrogen-bond acceptors (Lipinski definition) is 4. The van der Waals surface area contributed by atoms with E-state index in [-0.39, 0.29) is 11.0 Å². The molecule has 0 saturated carbocycles. The maximum Gasteiger partial charge on any atom is 0.160 e. The average molecular weight is 245 g/mol. The third-order valence-electron chi connectivity index (χ3n) is 4.09. The average Bonchev–Trinajstić information content (AvgIpc) is 2.25. The maximum absolute atomic E-state index is 12.5. The summed E-state index contributed by atoms with van der Waals surface area (Å²) < 4.78 is 0. The second-order valence-electron chi connectivity index (χ2n) is 5.00. The summed E-state index contributed by atoms with van der Waals surface area (Å²) in [5, 5.41) is 0. The molecule has 0 radical (unpaired) electrons. The first-order valence-corrected chi connectivity index (χ1v) is 7.51. The molecule has 2 bridgehead atoms. The zero-order valence-corrected chi connectivity index (χ0v) is 11.2. The molecule has 0 aromatic rings. The lowest BCUT2D eigenvalue weighted by atomic mass is 9.65. The lowest BCUT2D eigenvalue weighted by molar-refractivity contribution is -0.153. The van der Waals surface area contributed by atoms with Crippen LogP contribution in [-0.4, -0.2) is 47.1 Å². The van der Waals surface area contributed by atoms with E-state index >= 15 is 0 Å². The zero-order chi connectivity index (χ0) is 11.1. The number of thiol groups is 1. The van der Waals surface area contributed by atoms with Crippen LogP contribution in [0.15, 0.2) is 0 Å². The van der Waals surface area contributed by atoms with E-state index in [0.29, 0.717) is 11.5 Å². The maximum atomic E-state index is 12.5. The van der Waals surface area contributed by atoms with E-state index in [0.717, 1.165) is 31.7 Å². The van der Waals surface area contributed by atoms with E-state index in [4.69, 9.17) is 0 Å². The number of carbonyl (C=O) groups excluding carboxylic acids is 1. The second kappa shape index (κ2) is 3.97. The van der Waals surface area contributed by atoms with Crippen LogP contribution in [0.3, 0.4) is 0 Å². The van der Waals surface area contributed by atoms with E-state index in [9.17, 15) is 4.79 Å². The fourth-order valence-electron chi connectivity index (χ4n) is 2.97. The highest BCUT2D eigenvalue weighted by molar-refractivity contribution is 7.98. The van der Waals surface area contributed by atoms with Gasteiger partial charge in [0.25, 0.3) is 0 Å². The van der Waals surface area contributed by atoms with E-state index in [1.807, 2.05) is 0 Å². The Kier molecular flexibility index (Phi) is 3.12. The second-order valence-corrected chi connectivity index (χ2v) is 6.18. The molecule has 0 N–H and O–H groups in total. The summed E-state index contributed by atoms with van der Waals surface area (Å²) in [6, 6.07) is 0. The van der Waals surface area contributed by atoms with Crippen LogP contribution in [0, 0.1) is 5.41 Å². The van der Waals surface area contributed by atoms with Crippen molar-refractivity contribution in [3.05, 3.63) is 0 Å². The molecular formula is C11H19NOS2. The fourth-order valence-corrected chi connectivity index (χ4v) is 4.47. The normalized spacial score (nSPS) is 44.7. The molecule has 86 valence electrons. The molecule has 1 atom stereocenters. The molecule has 0 aromatic carbocycles. The summed E-state index contributed by atoms with van der Waals surface area (Å²) in [4.78, 5) is 14.9. The number of piperidine rings is 3. The highest BCUT2D eigenvalue weighted by Crippen LogP contribution is 2.46. The van der Waals surface area contributed by atoms with Gasteiger partial charge in [0.2, 0.25) is 0 Å². The zero-order valence-electron chi connectivity index (χ0n) is 9.45. The quantitative estimate of drug-likeness (QED) is 0.764. The van der Waals surface area contributed by atoms with Gasteiger partial charge in [-0.2, -0.15) is 24.4 Å². The largest absolute Gasteiger partial charge is 0.297 e. The Labute approximate surface area is 102 Å². The van der Waals surface area contributed by atoms with Crippen LogP contribution in [-0.2, 0) is 4.79 Å². The summed E-state index contributed by atoms with van der Waals surface area (Å²) in [6.45, 7) is 4.29. The molecule has 0 aromatic heterocycles. The van der Waals surface area contributed by atoms with Gasteiger partial charge < -0.3 is 0 Å². The number of nitrogens with zero attached hydrogens (tertiary/aromatic N) is 1. The number of fused-ring (bicyclic) bond motifs is 3. The van der Waals surface area contributed by atoms with Gasteiger partial charge in [0.15, 0.2) is 5.78 Å².